The Morgan fingerprint density at radius 3 is 2.34 bits per heavy atom. The number of carbonyl (C=O) groups excluding carboxylic acids is 2. The van der Waals surface area contributed by atoms with Gasteiger partial charge in [0.15, 0.2) is 0 Å². The molecule has 5 nitrogen and oxygen atoms in total. The van der Waals surface area contributed by atoms with Gasteiger partial charge in [0.25, 0.3) is 11.8 Å². The van der Waals surface area contributed by atoms with Gasteiger partial charge in [-0.25, -0.2) is 9.29 Å². The molecule has 0 saturated carbocycles. The molecule has 0 aromatic heterocycles. The molecular weight excluding hydrogens is 407 g/mol. The van der Waals surface area contributed by atoms with Gasteiger partial charge >= 0.3 is 0 Å². The number of ether oxygens (including phenoxy) is 1. The molecule has 6 heteroatoms. The maximum Gasteiger partial charge on any atom is 0.282 e. The third kappa shape index (κ3) is 3.99. The lowest BCUT2D eigenvalue weighted by Crippen LogP contribution is -2.32. The van der Waals surface area contributed by atoms with Crippen molar-refractivity contribution in [1.82, 2.24) is 0 Å². The summed E-state index contributed by atoms with van der Waals surface area (Å²) < 4.78 is 19.1. The monoisotopic (exact) mass is 430 g/mol. The van der Waals surface area contributed by atoms with Crippen molar-refractivity contribution in [3.8, 4) is 5.75 Å². The maximum absolute atomic E-state index is 13.5. The van der Waals surface area contributed by atoms with Crippen LogP contribution in [0.2, 0.25) is 0 Å². The molecule has 0 atom stereocenters. The number of nitrogens with zero attached hydrogens (tertiary/aromatic N) is 1. The first kappa shape index (κ1) is 21.3. The van der Waals surface area contributed by atoms with E-state index in [2.05, 4.69) is 5.32 Å². The number of hydrogen-bond donors (Lipinski definition) is 1. The van der Waals surface area contributed by atoms with E-state index in [1.807, 2.05) is 39.0 Å². The Bertz CT molecular complexity index is 1230. The van der Waals surface area contributed by atoms with Crippen LogP contribution in [-0.2, 0) is 9.59 Å². The van der Waals surface area contributed by atoms with Crippen LogP contribution in [0.3, 0.4) is 0 Å². The summed E-state index contributed by atoms with van der Waals surface area (Å²) in [6.45, 7) is 6.28. The fourth-order valence-electron chi connectivity index (χ4n) is 3.60. The van der Waals surface area contributed by atoms with E-state index in [1.165, 1.54) is 24.3 Å². The maximum atomic E-state index is 13.5. The zero-order chi connectivity index (χ0) is 22.8. The van der Waals surface area contributed by atoms with Gasteiger partial charge in [0.05, 0.1) is 17.9 Å². The van der Waals surface area contributed by atoms with Crippen molar-refractivity contribution < 1.29 is 18.7 Å². The minimum atomic E-state index is -0.473. The Morgan fingerprint density at radius 1 is 0.906 bits per heavy atom. The Morgan fingerprint density at radius 2 is 1.66 bits per heavy atom. The van der Waals surface area contributed by atoms with E-state index in [0.717, 1.165) is 16.0 Å². The van der Waals surface area contributed by atoms with Crippen LogP contribution in [-0.4, -0.2) is 18.4 Å². The van der Waals surface area contributed by atoms with Crippen LogP contribution in [0, 0.1) is 19.7 Å². The van der Waals surface area contributed by atoms with Crippen LogP contribution in [0.5, 0.6) is 5.75 Å². The van der Waals surface area contributed by atoms with Crippen molar-refractivity contribution in [2.75, 3.05) is 16.8 Å². The van der Waals surface area contributed by atoms with E-state index in [1.54, 1.807) is 24.3 Å². The number of benzene rings is 3. The number of aryl methyl sites for hydroxylation is 2. The molecule has 162 valence electrons. The fraction of sp³-hybridized carbons (Fsp3) is 0.154. The van der Waals surface area contributed by atoms with Crippen molar-refractivity contribution >= 4 is 28.8 Å². The number of hydrogen-bond acceptors (Lipinski definition) is 4. The number of rotatable bonds is 6. The van der Waals surface area contributed by atoms with Crippen LogP contribution in [0.25, 0.3) is 5.57 Å². The van der Waals surface area contributed by atoms with Gasteiger partial charge in [-0.3, -0.25) is 9.59 Å². The van der Waals surface area contributed by atoms with Gasteiger partial charge in [-0.15, -0.1) is 0 Å². The fourth-order valence-corrected chi connectivity index (χ4v) is 3.60. The minimum Gasteiger partial charge on any atom is -0.494 e. The van der Waals surface area contributed by atoms with Gasteiger partial charge < -0.3 is 10.1 Å². The molecule has 0 radical (unpaired) electrons. The Labute approximate surface area is 186 Å². The Balaban J connectivity index is 1.80. The van der Waals surface area contributed by atoms with Crippen LogP contribution in [0.4, 0.5) is 15.8 Å². The second-order valence-electron chi connectivity index (χ2n) is 7.56. The van der Waals surface area contributed by atoms with E-state index in [4.69, 9.17) is 4.74 Å². The highest BCUT2D eigenvalue weighted by Gasteiger charge is 2.40. The average molecular weight is 430 g/mol. The molecule has 32 heavy (non-hydrogen) atoms. The van der Waals surface area contributed by atoms with Crippen molar-refractivity contribution in [1.29, 1.82) is 0 Å². The van der Waals surface area contributed by atoms with Crippen molar-refractivity contribution in [3.63, 3.8) is 0 Å². The number of anilines is 2. The molecule has 2 amide bonds. The second kappa shape index (κ2) is 8.67. The van der Waals surface area contributed by atoms with Crippen LogP contribution >= 0.6 is 0 Å². The molecule has 1 aliphatic heterocycles. The largest absolute Gasteiger partial charge is 0.494 e. The van der Waals surface area contributed by atoms with Crippen LogP contribution < -0.4 is 15.0 Å². The summed E-state index contributed by atoms with van der Waals surface area (Å²) in [7, 11) is 0. The number of amides is 2. The molecule has 0 spiro atoms. The highest BCUT2D eigenvalue weighted by atomic mass is 19.1. The normalized spacial score (nSPS) is 13.7. The summed E-state index contributed by atoms with van der Waals surface area (Å²) in [5.41, 5.74) is 3.90. The van der Waals surface area contributed by atoms with Gasteiger partial charge in [0.2, 0.25) is 0 Å². The van der Waals surface area contributed by atoms with E-state index < -0.39 is 17.6 Å². The van der Waals surface area contributed by atoms with Gasteiger partial charge in [-0.2, -0.15) is 0 Å². The zero-order valence-electron chi connectivity index (χ0n) is 18.1. The van der Waals surface area contributed by atoms with Gasteiger partial charge in [0, 0.05) is 11.8 Å². The first-order valence-electron chi connectivity index (χ1n) is 10.3. The molecule has 0 saturated heterocycles. The Hall–Kier alpha value is -3.93. The first-order chi connectivity index (χ1) is 15.4. The molecule has 0 unspecified atom stereocenters. The van der Waals surface area contributed by atoms with Crippen LogP contribution in [0.1, 0.15) is 23.6 Å². The quantitative estimate of drug-likeness (QED) is 0.544. The van der Waals surface area contributed by atoms with E-state index in [-0.39, 0.29) is 11.3 Å². The van der Waals surface area contributed by atoms with Crippen LogP contribution in [0.15, 0.2) is 72.4 Å². The standard InChI is InChI=1S/C26H23FN2O3/c1-4-32-22-7-5-6-20(15-22)28-24-23(18-9-11-19(27)12-10-18)25(30)29(26(24)31)21-13-8-16(2)17(3)14-21/h5-15,28H,4H2,1-3H3. The number of nitrogens with one attached hydrogen (secondary N) is 1. The van der Waals surface area contributed by atoms with Gasteiger partial charge in [0.1, 0.15) is 17.3 Å². The molecule has 3 aromatic carbocycles. The molecule has 1 N–H and O–H groups in total. The average Bonchev–Trinajstić information content (AvgIpc) is 3.01. The molecule has 0 fully saturated rings. The third-order valence-corrected chi connectivity index (χ3v) is 5.38. The smallest absolute Gasteiger partial charge is 0.282 e. The SMILES string of the molecule is CCOc1cccc(NC2=C(c3ccc(F)cc3)C(=O)N(c3ccc(C)c(C)c3)C2=O)c1. The summed E-state index contributed by atoms with van der Waals surface area (Å²) >= 11 is 0. The van der Waals surface area contributed by atoms with Crippen molar-refractivity contribution in [2.45, 2.75) is 20.8 Å². The predicted molar refractivity (Wildman–Crippen MR) is 123 cm³/mol. The summed E-state index contributed by atoms with van der Waals surface area (Å²) in [5, 5.41) is 3.10. The van der Waals surface area contributed by atoms with Gasteiger partial charge in [-0.05, 0) is 73.9 Å². The van der Waals surface area contributed by atoms with Gasteiger partial charge in [-0.1, -0.05) is 24.3 Å². The molecule has 3 aromatic rings. The van der Waals surface area contributed by atoms with E-state index in [9.17, 15) is 14.0 Å². The molecule has 1 heterocycles. The lowest BCUT2D eigenvalue weighted by molar-refractivity contribution is -0.120. The summed E-state index contributed by atoms with van der Waals surface area (Å²) in [4.78, 5) is 28.1. The molecule has 0 bridgehead atoms. The molecule has 1 aliphatic rings. The highest BCUT2D eigenvalue weighted by molar-refractivity contribution is 6.46. The van der Waals surface area contributed by atoms with E-state index in [0.29, 0.717) is 29.3 Å². The van der Waals surface area contributed by atoms with Crippen molar-refractivity contribution in [3.05, 3.63) is 94.9 Å². The summed E-state index contributed by atoms with van der Waals surface area (Å²) in [6, 6.07) is 18.1. The predicted octanol–water partition coefficient (Wildman–Crippen LogP) is 5.24. The third-order valence-electron chi connectivity index (χ3n) is 5.38. The minimum absolute atomic E-state index is 0.133. The topological polar surface area (TPSA) is 58.6 Å². The summed E-state index contributed by atoms with van der Waals surface area (Å²) in [6.07, 6.45) is 0. The molecule has 4 rings (SSSR count). The lowest BCUT2D eigenvalue weighted by Gasteiger charge is -2.17. The second-order valence-corrected chi connectivity index (χ2v) is 7.56. The van der Waals surface area contributed by atoms with Crippen molar-refractivity contribution in [2.24, 2.45) is 0 Å². The highest BCUT2D eigenvalue weighted by Crippen LogP contribution is 2.35. The number of imide groups is 1. The molecular formula is C26H23FN2O3. The molecule has 0 aliphatic carbocycles. The zero-order valence-corrected chi connectivity index (χ0v) is 18.1. The lowest BCUT2D eigenvalue weighted by atomic mass is 10.0. The summed E-state index contributed by atoms with van der Waals surface area (Å²) in [5.74, 6) is -0.715. The Kier molecular flexibility index (Phi) is 5.77. The first-order valence-corrected chi connectivity index (χ1v) is 10.3. The van der Waals surface area contributed by atoms with E-state index >= 15 is 0 Å². The number of carbonyl (C=O) groups is 2. The number of halogens is 1.